The van der Waals surface area contributed by atoms with E-state index in [1.54, 1.807) is 6.07 Å². The average Bonchev–Trinajstić information content (AvgIpc) is 3.77. The summed E-state index contributed by atoms with van der Waals surface area (Å²) in [6.07, 6.45) is 2.08. The second-order valence-electron chi connectivity index (χ2n) is 12.5. The second-order valence-corrected chi connectivity index (χ2v) is 12.5. The number of hydrogen-bond donors (Lipinski definition) is 1. The van der Waals surface area contributed by atoms with Gasteiger partial charge in [0.1, 0.15) is 17.2 Å². The average molecular weight is 850 g/mol. The molecular formula is C45H28N5OPt-. The van der Waals surface area contributed by atoms with E-state index in [2.05, 4.69) is 81.9 Å². The van der Waals surface area contributed by atoms with Gasteiger partial charge in [0.2, 0.25) is 0 Å². The van der Waals surface area contributed by atoms with E-state index in [0.717, 1.165) is 77.8 Å². The summed E-state index contributed by atoms with van der Waals surface area (Å²) < 4.78 is 4.29. The Morgan fingerprint density at radius 1 is 0.558 bits per heavy atom. The molecule has 0 aliphatic heterocycles. The van der Waals surface area contributed by atoms with E-state index in [1.165, 1.54) is 0 Å². The normalized spacial score (nSPS) is 11.4. The fourth-order valence-corrected chi connectivity index (χ4v) is 7.27. The smallest absolute Gasteiger partial charge is 0.149 e. The predicted molar refractivity (Wildman–Crippen MR) is 205 cm³/mol. The molecule has 0 unspecified atom stereocenters. The minimum absolute atomic E-state index is 0. The Balaban J connectivity index is 0.00000360. The minimum Gasteiger partial charge on any atom is -0.507 e. The van der Waals surface area contributed by atoms with Crippen LogP contribution in [0.5, 0.6) is 5.75 Å². The first-order chi connectivity index (χ1) is 25.2. The fraction of sp³-hybridized carbons (Fsp3) is 0. The summed E-state index contributed by atoms with van der Waals surface area (Å²) in [5.41, 5.74) is 11.7. The maximum atomic E-state index is 11.1. The van der Waals surface area contributed by atoms with Crippen molar-refractivity contribution in [2.24, 2.45) is 0 Å². The standard InChI is InChI=1S/C45H28N5O.Pt/c51-41-26-9-5-17-34(41)44-48-43-33(19-11-25-40(43)50(44)38-23-7-4-16-31(38)29-13-2-1-3-14-29)36-22-12-21-35(46-36)32-18-10-15-30-27-28-49-39-24-8-6-20-37(39)47-45(49)42(30)32;/h1-17,19-28,51H;/q-1;. The number of benzene rings is 6. The molecule has 0 saturated heterocycles. The minimum atomic E-state index is 0. The Kier molecular flexibility index (Phi) is 7.75. The molecule has 0 spiro atoms. The van der Waals surface area contributed by atoms with Crippen LogP contribution < -0.4 is 0 Å². The molecule has 1 N–H and O–H groups in total. The SMILES string of the molecule is Oc1ccccc1-c1nc2c(-c3cccc(-c4[c-]ccc5ccn6c7ccccc7nc6c45)n3)cccc2n1-c1ccccc1-c1ccccc1.[Pt]. The van der Waals surface area contributed by atoms with Crippen LogP contribution in [0.4, 0.5) is 0 Å². The van der Waals surface area contributed by atoms with Gasteiger partial charge in [0, 0.05) is 38.4 Å². The summed E-state index contributed by atoms with van der Waals surface area (Å²) in [7, 11) is 0. The van der Waals surface area contributed by atoms with Gasteiger partial charge in [-0.1, -0.05) is 114 Å². The molecule has 6 nitrogen and oxygen atoms in total. The second kappa shape index (κ2) is 12.8. The van der Waals surface area contributed by atoms with Gasteiger partial charge in [-0.2, -0.15) is 0 Å². The van der Waals surface area contributed by atoms with E-state index in [0.29, 0.717) is 11.4 Å². The van der Waals surface area contributed by atoms with Crippen molar-refractivity contribution < 1.29 is 26.2 Å². The molecule has 10 rings (SSSR count). The molecule has 7 heteroatoms. The van der Waals surface area contributed by atoms with Crippen LogP contribution in [0.3, 0.4) is 0 Å². The summed E-state index contributed by atoms with van der Waals surface area (Å²) >= 11 is 0. The van der Waals surface area contributed by atoms with Crippen molar-refractivity contribution in [3.05, 3.63) is 170 Å². The van der Waals surface area contributed by atoms with E-state index < -0.39 is 0 Å². The zero-order valence-electron chi connectivity index (χ0n) is 27.6. The van der Waals surface area contributed by atoms with E-state index in [4.69, 9.17) is 15.0 Å². The number of aromatic hydroxyl groups is 1. The number of hydrogen-bond acceptors (Lipinski definition) is 4. The van der Waals surface area contributed by atoms with Crippen LogP contribution in [0.25, 0.3) is 89.2 Å². The predicted octanol–water partition coefficient (Wildman–Crippen LogP) is 10.5. The van der Waals surface area contributed by atoms with Crippen molar-refractivity contribution in [1.82, 2.24) is 23.9 Å². The Morgan fingerprint density at radius 2 is 1.27 bits per heavy atom. The molecule has 0 amide bonds. The number of pyridine rings is 2. The number of imidazole rings is 2. The van der Waals surface area contributed by atoms with Gasteiger partial charge < -0.3 is 9.51 Å². The number of para-hydroxylation sites is 5. The molecule has 0 saturated carbocycles. The van der Waals surface area contributed by atoms with E-state index in [1.807, 2.05) is 91.0 Å². The number of phenolic OH excluding ortho intramolecular Hbond substituents is 1. The van der Waals surface area contributed by atoms with Gasteiger partial charge in [0.25, 0.3) is 0 Å². The summed E-state index contributed by atoms with van der Waals surface area (Å²) in [6, 6.07) is 56.2. The third-order valence-electron chi connectivity index (χ3n) is 9.59. The van der Waals surface area contributed by atoms with Crippen molar-refractivity contribution in [3.63, 3.8) is 0 Å². The Bertz CT molecular complexity index is 2950. The number of rotatable bonds is 5. The van der Waals surface area contributed by atoms with Crippen LogP contribution in [0.15, 0.2) is 164 Å². The van der Waals surface area contributed by atoms with Crippen LogP contribution in [-0.2, 0) is 21.1 Å². The first-order valence-corrected chi connectivity index (χ1v) is 16.9. The summed E-state index contributed by atoms with van der Waals surface area (Å²) in [5.74, 6) is 0.809. The number of nitrogens with zero attached hydrogens (tertiary/aromatic N) is 5. The van der Waals surface area contributed by atoms with E-state index >= 15 is 0 Å². The molecule has 0 aliphatic rings. The molecular weight excluding hydrogens is 822 g/mol. The molecule has 0 fully saturated rings. The van der Waals surface area contributed by atoms with Gasteiger partial charge in [0.15, 0.2) is 0 Å². The third-order valence-corrected chi connectivity index (χ3v) is 9.59. The number of phenols is 1. The number of fused-ring (bicyclic) bond motifs is 6. The van der Waals surface area contributed by atoms with Crippen molar-refractivity contribution >= 4 is 38.5 Å². The molecule has 4 heterocycles. The van der Waals surface area contributed by atoms with Crippen LogP contribution in [0.2, 0.25) is 0 Å². The molecule has 10 aromatic rings. The molecule has 0 bridgehead atoms. The summed E-state index contributed by atoms with van der Waals surface area (Å²) in [5, 5.41) is 13.2. The van der Waals surface area contributed by atoms with Gasteiger partial charge >= 0.3 is 0 Å². The van der Waals surface area contributed by atoms with Crippen molar-refractivity contribution in [2.75, 3.05) is 0 Å². The van der Waals surface area contributed by atoms with Crippen molar-refractivity contribution in [2.45, 2.75) is 0 Å². The van der Waals surface area contributed by atoms with Crippen LogP contribution in [0.1, 0.15) is 0 Å². The molecule has 6 aromatic carbocycles. The summed E-state index contributed by atoms with van der Waals surface area (Å²) in [6.45, 7) is 0. The zero-order chi connectivity index (χ0) is 33.9. The monoisotopic (exact) mass is 849 g/mol. The van der Waals surface area contributed by atoms with E-state index in [9.17, 15) is 5.11 Å². The van der Waals surface area contributed by atoms with Crippen molar-refractivity contribution in [1.29, 1.82) is 0 Å². The molecule has 4 aromatic heterocycles. The zero-order valence-corrected chi connectivity index (χ0v) is 29.9. The van der Waals surface area contributed by atoms with Gasteiger partial charge in [-0.15, -0.1) is 23.8 Å². The summed E-state index contributed by atoms with van der Waals surface area (Å²) in [4.78, 5) is 15.6. The largest absolute Gasteiger partial charge is 0.507 e. The van der Waals surface area contributed by atoms with E-state index in [-0.39, 0.29) is 26.8 Å². The molecule has 0 atom stereocenters. The quantitative estimate of drug-likeness (QED) is 0.175. The fourth-order valence-electron chi connectivity index (χ4n) is 7.27. The van der Waals surface area contributed by atoms with Crippen molar-refractivity contribution in [3.8, 4) is 56.5 Å². The Hall–Kier alpha value is -6.36. The molecule has 0 aliphatic carbocycles. The van der Waals surface area contributed by atoms with Crippen LogP contribution >= 0.6 is 0 Å². The van der Waals surface area contributed by atoms with Gasteiger partial charge in [-0.3, -0.25) is 9.55 Å². The van der Waals surface area contributed by atoms with Gasteiger partial charge in [-0.25, -0.2) is 9.97 Å². The Labute approximate surface area is 313 Å². The molecule has 250 valence electrons. The van der Waals surface area contributed by atoms with Gasteiger partial charge in [-0.05, 0) is 53.7 Å². The maximum Gasteiger partial charge on any atom is 0.149 e. The van der Waals surface area contributed by atoms with Crippen LogP contribution in [-0.4, -0.2) is 29.0 Å². The molecule has 0 radical (unpaired) electrons. The Morgan fingerprint density at radius 3 is 2.15 bits per heavy atom. The first-order valence-electron chi connectivity index (χ1n) is 16.9. The van der Waals surface area contributed by atoms with Crippen LogP contribution in [0, 0.1) is 6.07 Å². The third kappa shape index (κ3) is 5.03. The topological polar surface area (TPSA) is 68.2 Å². The maximum absolute atomic E-state index is 11.1. The number of aromatic nitrogens is 5. The molecule has 52 heavy (non-hydrogen) atoms. The van der Waals surface area contributed by atoms with Gasteiger partial charge in [0.05, 0.1) is 39.0 Å². The first kappa shape index (κ1) is 31.6.